The van der Waals surface area contributed by atoms with Crippen LogP contribution in [0.5, 0.6) is 0 Å². The average Bonchev–Trinajstić information content (AvgIpc) is 3.28. The molecule has 0 radical (unpaired) electrons. The summed E-state index contributed by atoms with van der Waals surface area (Å²) < 4.78 is 26.5. The number of aliphatic hydroxyl groups is 2. The number of hydrogen-bond acceptors (Lipinski definition) is 8. The van der Waals surface area contributed by atoms with E-state index < -0.39 is 30.4 Å². The van der Waals surface area contributed by atoms with Gasteiger partial charge in [-0.3, -0.25) is 4.57 Å². The Balaban J connectivity index is 1.62. The van der Waals surface area contributed by atoms with Gasteiger partial charge in [-0.2, -0.15) is 0 Å². The molecule has 3 heterocycles. The first kappa shape index (κ1) is 20.5. The summed E-state index contributed by atoms with van der Waals surface area (Å²) in [5.41, 5.74) is 0.751. The number of anilines is 2. The fourth-order valence-electron chi connectivity index (χ4n) is 3.18. The van der Waals surface area contributed by atoms with E-state index >= 15 is 0 Å². The Kier molecular flexibility index (Phi) is 5.80. The highest BCUT2D eigenvalue weighted by Gasteiger charge is 2.44. The smallest absolute Gasteiger partial charge is 0.167 e. The van der Waals surface area contributed by atoms with Gasteiger partial charge in [0.05, 0.1) is 18.6 Å². The summed E-state index contributed by atoms with van der Waals surface area (Å²) in [5, 5.41) is 23.9. The van der Waals surface area contributed by atoms with Crippen molar-refractivity contribution in [3.63, 3.8) is 0 Å². The van der Waals surface area contributed by atoms with Crippen molar-refractivity contribution in [2.75, 3.05) is 18.5 Å². The normalized spacial score (nSPS) is 23.6. The van der Waals surface area contributed by atoms with E-state index in [0.717, 1.165) is 0 Å². The maximum absolute atomic E-state index is 14.1. The minimum atomic E-state index is -1.25. The molecule has 0 unspecified atom stereocenters. The molecule has 1 aromatic carbocycles. The van der Waals surface area contributed by atoms with Crippen molar-refractivity contribution in [3.05, 3.63) is 41.7 Å². The maximum atomic E-state index is 14.1. The van der Waals surface area contributed by atoms with Crippen molar-refractivity contribution in [2.24, 2.45) is 0 Å². The first-order chi connectivity index (χ1) is 14.5. The SMILES string of the molecule is C#CCOC[C@H]1O[C@@H](n2cnc3c(Nc4cc(Cl)ccc4F)ncnc32)[C@H](O)[C@@H]1O. The number of nitrogens with zero attached hydrogens (tertiary/aromatic N) is 4. The minimum absolute atomic E-state index is 0.0153. The molecule has 1 aliphatic heterocycles. The van der Waals surface area contributed by atoms with Gasteiger partial charge in [-0.05, 0) is 18.2 Å². The lowest BCUT2D eigenvalue weighted by Crippen LogP contribution is -2.33. The quantitative estimate of drug-likeness (QED) is 0.397. The highest BCUT2D eigenvalue weighted by Crippen LogP contribution is 2.33. The van der Waals surface area contributed by atoms with Crippen molar-refractivity contribution >= 4 is 34.3 Å². The second-order valence-corrected chi connectivity index (χ2v) is 7.00. The van der Waals surface area contributed by atoms with Crippen LogP contribution in [0, 0.1) is 18.2 Å². The number of aliphatic hydroxyl groups excluding tert-OH is 2. The second-order valence-electron chi connectivity index (χ2n) is 6.56. The van der Waals surface area contributed by atoms with Crippen LogP contribution in [0.2, 0.25) is 5.02 Å². The number of imidazole rings is 1. The molecule has 0 spiro atoms. The van der Waals surface area contributed by atoms with E-state index in [4.69, 9.17) is 27.5 Å². The van der Waals surface area contributed by atoms with Crippen LogP contribution in [0.1, 0.15) is 6.23 Å². The number of nitrogens with one attached hydrogen (secondary N) is 1. The molecule has 11 heteroatoms. The van der Waals surface area contributed by atoms with E-state index in [-0.39, 0.29) is 24.7 Å². The number of rotatable bonds is 6. The fourth-order valence-corrected chi connectivity index (χ4v) is 3.35. The third-order valence-electron chi connectivity index (χ3n) is 4.62. The topological polar surface area (TPSA) is 115 Å². The van der Waals surface area contributed by atoms with Crippen molar-refractivity contribution in [2.45, 2.75) is 24.5 Å². The first-order valence-corrected chi connectivity index (χ1v) is 9.30. The monoisotopic (exact) mass is 433 g/mol. The number of hydrogen-bond donors (Lipinski definition) is 3. The highest BCUT2D eigenvalue weighted by atomic mass is 35.5. The van der Waals surface area contributed by atoms with E-state index in [1.165, 1.54) is 35.4 Å². The van der Waals surface area contributed by atoms with Crippen molar-refractivity contribution in [3.8, 4) is 12.3 Å². The largest absolute Gasteiger partial charge is 0.387 e. The molecule has 1 saturated heterocycles. The molecular formula is C19H17ClFN5O4. The molecule has 0 saturated carbocycles. The number of aromatic nitrogens is 4. The number of benzene rings is 1. The fraction of sp³-hybridized carbons (Fsp3) is 0.316. The van der Waals surface area contributed by atoms with Crippen LogP contribution in [0.15, 0.2) is 30.9 Å². The van der Waals surface area contributed by atoms with Gasteiger partial charge in [-0.25, -0.2) is 19.3 Å². The summed E-state index contributed by atoms with van der Waals surface area (Å²) in [7, 11) is 0. The third-order valence-corrected chi connectivity index (χ3v) is 4.85. The van der Waals surface area contributed by atoms with Crippen molar-refractivity contribution < 1.29 is 24.1 Å². The summed E-state index contributed by atoms with van der Waals surface area (Å²) in [5.74, 6) is 2.04. The lowest BCUT2D eigenvalue weighted by atomic mass is 10.1. The Morgan fingerprint density at radius 1 is 1.30 bits per heavy atom. The number of halogens is 2. The molecule has 4 rings (SSSR count). The van der Waals surface area contributed by atoms with E-state index in [1.807, 2.05) is 0 Å². The predicted octanol–water partition coefficient (Wildman–Crippen LogP) is 1.63. The van der Waals surface area contributed by atoms with Crippen LogP contribution in [0.4, 0.5) is 15.9 Å². The summed E-state index contributed by atoms with van der Waals surface area (Å²) in [6.45, 7) is 0.0745. The molecule has 2 aromatic heterocycles. The minimum Gasteiger partial charge on any atom is -0.387 e. The van der Waals surface area contributed by atoms with E-state index in [9.17, 15) is 14.6 Å². The van der Waals surface area contributed by atoms with Gasteiger partial charge in [0.1, 0.15) is 37.1 Å². The molecule has 1 aliphatic rings. The van der Waals surface area contributed by atoms with Crippen LogP contribution >= 0.6 is 11.6 Å². The van der Waals surface area contributed by atoms with Crippen LogP contribution in [-0.2, 0) is 9.47 Å². The number of ether oxygens (including phenoxy) is 2. The van der Waals surface area contributed by atoms with Gasteiger partial charge < -0.3 is 25.0 Å². The van der Waals surface area contributed by atoms with E-state index in [2.05, 4.69) is 26.2 Å². The molecule has 30 heavy (non-hydrogen) atoms. The van der Waals surface area contributed by atoms with Gasteiger partial charge in [0, 0.05) is 5.02 Å². The van der Waals surface area contributed by atoms with E-state index in [0.29, 0.717) is 16.2 Å². The summed E-state index contributed by atoms with van der Waals surface area (Å²) in [6, 6.07) is 4.08. The zero-order chi connectivity index (χ0) is 21.3. The van der Waals surface area contributed by atoms with Crippen molar-refractivity contribution in [1.29, 1.82) is 0 Å². The van der Waals surface area contributed by atoms with Crippen LogP contribution in [0.25, 0.3) is 11.2 Å². The molecular weight excluding hydrogens is 417 g/mol. The molecule has 3 aromatic rings. The van der Waals surface area contributed by atoms with Crippen LogP contribution in [0.3, 0.4) is 0 Å². The van der Waals surface area contributed by atoms with Crippen LogP contribution in [-0.4, -0.2) is 61.3 Å². The lowest BCUT2D eigenvalue weighted by Gasteiger charge is -2.16. The van der Waals surface area contributed by atoms with Gasteiger partial charge >= 0.3 is 0 Å². The van der Waals surface area contributed by atoms with Gasteiger partial charge in [-0.1, -0.05) is 17.5 Å². The van der Waals surface area contributed by atoms with E-state index in [1.54, 1.807) is 0 Å². The Bertz CT molecular complexity index is 1100. The molecule has 3 N–H and O–H groups in total. The standard InChI is InChI=1S/C19H17ClFN5O4/c1-2-5-29-7-13-15(27)16(28)19(30-13)26-9-24-14-17(22-8-23-18(14)26)25-12-6-10(20)3-4-11(12)21/h1,3-4,6,8-9,13,15-16,19,27-28H,5,7H2,(H,22,23,25)/t13-,15-,16-,19-/m1/s1. The molecule has 4 atom stereocenters. The molecule has 156 valence electrons. The summed E-state index contributed by atoms with van der Waals surface area (Å²) in [4.78, 5) is 12.6. The third kappa shape index (κ3) is 3.81. The first-order valence-electron chi connectivity index (χ1n) is 8.92. The highest BCUT2D eigenvalue weighted by molar-refractivity contribution is 6.30. The van der Waals surface area contributed by atoms with Gasteiger partial charge in [-0.15, -0.1) is 6.42 Å². The molecule has 0 amide bonds. The van der Waals surface area contributed by atoms with Gasteiger partial charge in [0.25, 0.3) is 0 Å². The summed E-state index contributed by atoms with van der Waals surface area (Å²) in [6.07, 6.45) is 3.61. The number of fused-ring (bicyclic) bond motifs is 1. The predicted molar refractivity (Wildman–Crippen MR) is 106 cm³/mol. The Hall–Kier alpha value is -2.81. The zero-order valence-corrected chi connectivity index (χ0v) is 16.2. The Morgan fingerprint density at radius 2 is 2.13 bits per heavy atom. The maximum Gasteiger partial charge on any atom is 0.167 e. The Morgan fingerprint density at radius 3 is 2.93 bits per heavy atom. The summed E-state index contributed by atoms with van der Waals surface area (Å²) >= 11 is 5.93. The van der Waals surface area contributed by atoms with Crippen molar-refractivity contribution in [1.82, 2.24) is 19.5 Å². The van der Waals surface area contributed by atoms with Crippen LogP contribution < -0.4 is 5.32 Å². The second kappa shape index (κ2) is 8.51. The van der Waals surface area contributed by atoms with Gasteiger partial charge in [0.2, 0.25) is 0 Å². The number of terminal acetylenes is 1. The molecule has 0 aliphatic carbocycles. The molecule has 0 bridgehead atoms. The molecule has 9 nitrogen and oxygen atoms in total. The Labute approximate surface area is 175 Å². The van der Waals surface area contributed by atoms with Gasteiger partial charge in [0.15, 0.2) is 23.2 Å². The average molecular weight is 434 g/mol. The lowest BCUT2D eigenvalue weighted by molar-refractivity contribution is -0.0615. The zero-order valence-electron chi connectivity index (χ0n) is 15.4. The molecule has 1 fully saturated rings.